The Morgan fingerprint density at radius 3 is 2.94 bits per heavy atom. The molecule has 1 unspecified atom stereocenters. The van der Waals surface area contributed by atoms with Gasteiger partial charge in [-0.15, -0.1) is 0 Å². The number of likely N-dealkylation sites (tertiary alicyclic amines) is 1. The van der Waals surface area contributed by atoms with E-state index in [9.17, 15) is 0 Å². The van der Waals surface area contributed by atoms with Crippen LogP contribution in [0, 0.1) is 5.92 Å². The van der Waals surface area contributed by atoms with Gasteiger partial charge in [-0.05, 0) is 45.0 Å². The van der Waals surface area contributed by atoms with Crippen molar-refractivity contribution in [2.75, 3.05) is 32.8 Å². The Kier molecular flexibility index (Phi) is 5.08. The SMILES string of the molecule is NCCCOC1=CC(CN2CCCC2)C=CC1. The Labute approximate surface area is 104 Å². The largest absolute Gasteiger partial charge is 0.498 e. The fraction of sp³-hybridized carbons (Fsp3) is 0.714. The number of rotatable bonds is 6. The van der Waals surface area contributed by atoms with E-state index in [1.54, 1.807) is 0 Å². The van der Waals surface area contributed by atoms with E-state index in [0.717, 1.165) is 31.8 Å². The van der Waals surface area contributed by atoms with Crippen LogP contribution in [0.3, 0.4) is 0 Å². The third-order valence-electron chi connectivity index (χ3n) is 3.41. The van der Waals surface area contributed by atoms with Crippen molar-refractivity contribution in [1.82, 2.24) is 4.90 Å². The minimum absolute atomic E-state index is 0.537. The van der Waals surface area contributed by atoms with Gasteiger partial charge in [-0.2, -0.15) is 0 Å². The van der Waals surface area contributed by atoms with E-state index in [1.165, 1.54) is 25.9 Å². The van der Waals surface area contributed by atoms with Gasteiger partial charge in [0.25, 0.3) is 0 Å². The molecule has 2 N–H and O–H groups in total. The summed E-state index contributed by atoms with van der Waals surface area (Å²) in [5.74, 6) is 1.67. The van der Waals surface area contributed by atoms with Gasteiger partial charge in [0.15, 0.2) is 0 Å². The molecule has 1 fully saturated rings. The predicted molar refractivity (Wildman–Crippen MR) is 70.6 cm³/mol. The molecule has 2 rings (SSSR count). The van der Waals surface area contributed by atoms with Gasteiger partial charge >= 0.3 is 0 Å². The molecule has 0 saturated carbocycles. The summed E-state index contributed by atoms with van der Waals surface area (Å²) < 4.78 is 5.73. The maximum Gasteiger partial charge on any atom is 0.0963 e. The van der Waals surface area contributed by atoms with Gasteiger partial charge < -0.3 is 15.4 Å². The second-order valence-corrected chi connectivity index (χ2v) is 4.93. The van der Waals surface area contributed by atoms with E-state index >= 15 is 0 Å². The number of hydrogen-bond acceptors (Lipinski definition) is 3. The number of nitrogens with two attached hydrogens (primary N) is 1. The molecule has 0 spiro atoms. The lowest BCUT2D eigenvalue weighted by atomic mass is 10.0. The lowest BCUT2D eigenvalue weighted by molar-refractivity contribution is 0.200. The van der Waals surface area contributed by atoms with Crippen LogP contribution in [0.1, 0.15) is 25.7 Å². The van der Waals surface area contributed by atoms with Gasteiger partial charge in [0.05, 0.1) is 12.4 Å². The van der Waals surface area contributed by atoms with Crippen molar-refractivity contribution >= 4 is 0 Å². The molecule has 0 bridgehead atoms. The standard InChI is InChI=1S/C14H24N2O/c15-7-4-10-17-14-6-3-5-13(11-14)12-16-8-1-2-9-16/h3,5,11,13H,1-2,4,6-10,12,15H2. The highest BCUT2D eigenvalue weighted by atomic mass is 16.5. The van der Waals surface area contributed by atoms with Gasteiger partial charge in [0, 0.05) is 18.9 Å². The van der Waals surface area contributed by atoms with Gasteiger partial charge in [0.2, 0.25) is 0 Å². The van der Waals surface area contributed by atoms with Crippen molar-refractivity contribution in [2.24, 2.45) is 11.7 Å². The van der Waals surface area contributed by atoms with Crippen LogP contribution in [0.4, 0.5) is 0 Å². The third kappa shape index (κ3) is 4.17. The number of ether oxygens (including phenoxy) is 1. The Balaban J connectivity index is 1.76. The Morgan fingerprint density at radius 1 is 1.35 bits per heavy atom. The average Bonchev–Trinajstić information content (AvgIpc) is 2.83. The number of allylic oxidation sites excluding steroid dienone is 1. The summed E-state index contributed by atoms with van der Waals surface area (Å²) in [6, 6.07) is 0. The molecule has 0 aromatic carbocycles. The van der Waals surface area contributed by atoms with Crippen LogP contribution in [0.15, 0.2) is 24.0 Å². The van der Waals surface area contributed by atoms with Gasteiger partial charge in [-0.3, -0.25) is 0 Å². The first-order chi connectivity index (χ1) is 8.38. The summed E-state index contributed by atoms with van der Waals surface area (Å²) in [5, 5.41) is 0. The number of hydrogen-bond donors (Lipinski definition) is 1. The second kappa shape index (κ2) is 6.82. The van der Waals surface area contributed by atoms with Crippen LogP contribution in [0.2, 0.25) is 0 Å². The van der Waals surface area contributed by atoms with E-state index in [0.29, 0.717) is 12.5 Å². The quantitative estimate of drug-likeness (QED) is 0.565. The first-order valence-corrected chi connectivity index (χ1v) is 6.81. The summed E-state index contributed by atoms with van der Waals surface area (Å²) >= 11 is 0. The Morgan fingerprint density at radius 2 is 2.18 bits per heavy atom. The summed E-state index contributed by atoms with van der Waals surface area (Å²) in [6.45, 7) is 5.15. The molecule has 1 heterocycles. The summed E-state index contributed by atoms with van der Waals surface area (Å²) in [5.41, 5.74) is 5.46. The Hall–Kier alpha value is -0.800. The summed E-state index contributed by atoms with van der Waals surface area (Å²) in [4.78, 5) is 2.55. The van der Waals surface area contributed by atoms with E-state index in [2.05, 4.69) is 23.1 Å². The first-order valence-electron chi connectivity index (χ1n) is 6.81. The summed E-state index contributed by atoms with van der Waals surface area (Å²) in [6.07, 6.45) is 11.4. The maximum atomic E-state index is 5.73. The molecule has 1 saturated heterocycles. The van der Waals surface area contributed by atoms with Crippen LogP contribution in [0.5, 0.6) is 0 Å². The van der Waals surface area contributed by atoms with E-state index in [4.69, 9.17) is 10.5 Å². The van der Waals surface area contributed by atoms with Crippen LogP contribution < -0.4 is 5.73 Å². The van der Waals surface area contributed by atoms with E-state index < -0.39 is 0 Å². The minimum atomic E-state index is 0.537. The molecule has 3 heteroatoms. The predicted octanol–water partition coefficient (Wildman–Crippen LogP) is 1.91. The normalized spacial score (nSPS) is 25.0. The molecule has 0 amide bonds. The molecular weight excluding hydrogens is 212 g/mol. The first kappa shape index (κ1) is 12.7. The Bertz CT molecular complexity index is 280. The molecule has 96 valence electrons. The molecule has 2 aliphatic rings. The highest BCUT2D eigenvalue weighted by molar-refractivity contribution is 5.14. The highest BCUT2D eigenvalue weighted by Crippen LogP contribution is 2.20. The molecule has 3 nitrogen and oxygen atoms in total. The van der Waals surface area contributed by atoms with Crippen LogP contribution in [0.25, 0.3) is 0 Å². The molecule has 0 aromatic heterocycles. The van der Waals surface area contributed by atoms with E-state index in [-0.39, 0.29) is 0 Å². The third-order valence-corrected chi connectivity index (χ3v) is 3.41. The molecule has 0 aromatic rings. The van der Waals surface area contributed by atoms with Crippen molar-refractivity contribution < 1.29 is 4.74 Å². The smallest absolute Gasteiger partial charge is 0.0963 e. The van der Waals surface area contributed by atoms with Crippen LogP contribution >= 0.6 is 0 Å². The zero-order chi connectivity index (χ0) is 11.9. The van der Waals surface area contributed by atoms with E-state index in [1.807, 2.05) is 0 Å². The highest BCUT2D eigenvalue weighted by Gasteiger charge is 2.16. The lowest BCUT2D eigenvalue weighted by Gasteiger charge is -2.22. The molecular formula is C14H24N2O. The molecule has 0 radical (unpaired) electrons. The van der Waals surface area contributed by atoms with Crippen molar-refractivity contribution in [3.8, 4) is 0 Å². The zero-order valence-electron chi connectivity index (χ0n) is 10.6. The minimum Gasteiger partial charge on any atom is -0.498 e. The van der Waals surface area contributed by atoms with Crippen LogP contribution in [-0.2, 0) is 4.74 Å². The van der Waals surface area contributed by atoms with Crippen molar-refractivity contribution in [3.05, 3.63) is 24.0 Å². The van der Waals surface area contributed by atoms with Crippen LogP contribution in [-0.4, -0.2) is 37.7 Å². The zero-order valence-corrected chi connectivity index (χ0v) is 10.6. The average molecular weight is 236 g/mol. The maximum absolute atomic E-state index is 5.73. The fourth-order valence-electron chi connectivity index (χ4n) is 2.49. The van der Waals surface area contributed by atoms with Gasteiger partial charge in [0.1, 0.15) is 0 Å². The molecule has 1 aliphatic heterocycles. The van der Waals surface area contributed by atoms with Crippen molar-refractivity contribution in [3.63, 3.8) is 0 Å². The van der Waals surface area contributed by atoms with Crippen molar-refractivity contribution in [2.45, 2.75) is 25.7 Å². The lowest BCUT2D eigenvalue weighted by Crippen LogP contribution is -2.25. The topological polar surface area (TPSA) is 38.5 Å². The van der Waals surface area contributed by atoms with Crippen molar-refractivity contribution in [1.29, 1.82) is 0 Å². The van der Waals surface area contributed by atoms with Gasteiger partial charge in [-0.25, -0.2) is 0 Å². The summed E-state index contributed by atoms with van der Waals surface area (Å²) in [7, 11) is 0. The van der Waals surface area contributed by atoms with Gasteiger partial charge in [-0.1, -0.05) is 12.2 Å². The molecule has 1 atom stereocenters. The fourth-order valence-corrected chi connectivity index (χ4v) is 2.49. The molecule has 1 aliphatic carbocycles. The molecule has 17 heavy (non-hydrogen) atoms. The second-order valence-electron chi connectivity index (χ2n) is 4.93. The number of nitrogens with zero attached hydrogens (tertiary/aromatic N) is 1. The monoisotopic (exact) mass is 236 g/mol.